The van der Waals surface area contributed by atoms with E-state index in [1.54, 1.807) is 24.3 Å². The second-order valence-corrected chi connectivity index (χ2v) is 11.8. The van der Waals surface area contributed by atoms with E-state index in [1.807, 2.05) is 26.0 Å². The number of benzene rings is 2. The van der Waals surface area contributed by atoms with Gasteiger partial charge in [0.2, 0.25) is 0 Å². The third-order valence-corrected chi connectivity index (χ3v) is 8.49. The topological polar surface area (TPSA) is 115 Å². The molecular formula is C28H26I2N2O8S. The van der Waals surface area contributed by atoms with Gasteiger partial charge in [-0.15, -0.1) is 0 Å². The second kappa shape index (κ2) is 13.8. The molecule has 0 saturated heterocycles. The fourth-order valence-electron chi connectivity index (χ4n) is 4.13. The molecule has 0 amide bonds. The summed E-state index contributed by atoms with van der Waals surface area (Å²) in [5.74, 6) is 0.555. The van der Waals surface area contributed by atoms with Crippen molar-refractivity contribution in [2.45, 2.75) is 19.9 Å². The first-order valence-corrected chi connectivity index (χ1v) is 15.4. The van der Waals surface area contributed by atoms with Crippen LogP contribution in [0.3, 0.4) is 0 Å². The van der Waals surface area contributed by atoms with Gasteiger partial charge in [-0.25, -0.2) is 14.6 Å². The largest absolute Gasteiger partial charge is 0.490 e. The number of carbonyl (C=O) groups excluding carboxylic acids is 2. The summed E-state index contributed by atoms with van der Waals surface area (Å²) < 4.78 is 30.3. The van der Waals surface area contributed by atoms with Crippen molar-refractivity contribution in [1.29, 1.82) is 0 Å². The second-order valence-electron chi connectivity index (χ2n) is 8.43. The van der Waals surface area contributed by atoms with E-state index in [0.717, 1.165) is 12.7 Å². The van der Waals surface area contributed by atoms with E-state index >= 15 is 0 Å². The van der Waals surface area contributed by atoms with Crippen molar-refractivity contribution in [3.63, 3.8) is 0 Å². The Hall–Kier alpha value is -2.92. The zero-order valence-corrected chi connectivity index (χ0v) is 27.7. The van der Waals surface area contributed by atoms with Gasteiger partial charge in [0.1, 0.15) is 5.75 Å². The van der Waals surface area contributed by atoms with Gasteiger partial charge in [0.05, 0.1) is 50.7 Å². The first-order chi connectivity index (χ1) is 19.7. The predicted molar refractivity (Wildman–Crippen MR) is 169 cm³/mol. The summed E-state index contributed by atoms with van der Waals surface area (Å²) in [6.07, 6.45) is 3.21. The van der Waals surface area contributed by atoms with E-state index in [9.17, 15) is 14.4 Å². The third kappa shape index (κ3) is 6.77. The van der Waals surface area contributed by atoms with Crippen LogP contribution >= 0.6 is 56.5 Å². The highest BCUT2D eigenvalue weighted by molar-refractivity contribution is 14.1. The highest BCUT2D eigenvalue weighted by Gasteiger charge is 2.31. The van der Waals surface area contributed by atoms with Crippen LogP contribution in [-0.2, 0) is 19.1 Å². The number of halogens is 2. The summed E-state index contributed by atoms with van der Waals surface area (Å²) in [5.41, 5.74) is 1.32. The van der Waals surface area contributed by atoms with Crippen molar-refractivity contribution in [2.24, 2.45) is 4.99 Å². The Labute approximate surface area is 266 Å². The number of aromatic nitrogens is 1. The van der Waals surface area contributed by atoms with Crippen LogP contribution in [0.15, 0.2) is 51.9 Å². The van der Waals surface area contributed by atoms with E-state index in [0.29, 0.717) is 45.4 Å². The van der Waals surface area contributed by atoms with Gasteiger partial charge in [0, 0.05) is 6.20 Å². The number of methoxy groups -OCH3 is 2. The minimum absolute atomic E-state index is 0.209. The van der Waals surface area contributed by atoms with Crippen LogP contribution in [0.1, 0.15) is 31.0 Å². The molecule has 0 spiro atoms. The molecule has 10 nitrogen and oxygen atoms in total. The van der Waals surface area contributed by atoms with Gasteiger partial charge in [-0.3, -0.25) is 9.36 Å². The SMILES string of the molecule is CCOc1ccc([C@H]2C(C(=O)OC)=CN=c3s/c(=C\c4cc(I)c(OCC(=O)OC)c(I)c4)c(=O)n32)cc1OCC. The summed E-state index contributed by atoms with van der Waals surface area (Å²) in [7, 11) is 2.59. The number of ether oxygens (including phenoxy) is 5. The molecule has 0 unspecified atom stereocenters. The van der Waals surface area contributed by atoms with Crippen molar-refractivity contribution in [1.82, 2.24) is 4.57 Å². The third-order valence-electron chi connectivity index (χ3n) is 5.89. The molecule has 0 saturated carbocycles. The van der Waals surface area contributed by atoms with Crippen molar-refractivity contribution in [3.05, 3.63) is 80.1 Å². The molecular weight excluding hydrogens is 778 g/mol. The average molecular weight is 804 g/mol. The van der Waals surface area contributed by atoms with Crippen LogP contribution in [0, 0.1) is 7.14 Å². The lowest BCUT2D eigenvalue weighted by atomic mass is 9.97. The van der Waals surface area contributed by atoms with E-state index in [-0.39, 0.29) is 17.7 Å². The van der Waals surface area contributed by atoms with E-state index in [4.69, 9.17) is 18.9 Å². The van der Waals surface area contributed by atoms with E-state index in [2.05, 4.69) is 54.9 Å². The lowest BCUT2D eigenvalue weighted by Gasteiger charge is -2.23. The fourth-order valence-corrected chi connectivity index (χ4v) is 7.23. The summed E-state index contributed by atoms with van der Waals surface area (Å²) in [6, 6.07) is 8.26. The van der Waals surface area contributed by atoms with Crippen LogP contribution in [-0.4, -0.2) is 50.5 Å². The van der Waals surface area contributed by atoms with Gasteiger partial charge >= 0.3 is 11.9 Å². The normalized spacial score (nSPS) is 14.4. The molecule has 1 aliphatic heterocycles. The molecule has 1 aliphatic rings. The molecule has 2 aromatic carbocycles. The maximum absolute atomic E-state index is 13.9. The Balaban J connectivity index is 1.82. The van der Waals surface area contributed by atoms with Crippen molar-refractivity contribution < 1.29 is 33.3 Å². The van der Waals surface area contributed by atoms with E-state index in [1.165, 1.54) is 36.3 Å². The summed E-state index contributed by atoms with van der Waals surface area (Å²) in [6.45, 7) is 4.41. The Kier molecular flexibility index (Phi) is 10.5. The van der Waals surface area contributed by atoms with Crippen LogP contribution in [0.2, 0.25) is 0 Å². The Morgan fingerprint density at radius 1 is 1.00 bits per heavy atom. The Morgan fingerprint density at radius 3 is 2.32 bits per heavy atom. The number of fused-ring (bicyclic) bond motifs is 1. The molecule has 0 radical (unpaired) electrons. The van der Waals surface area contributed by atoms with Gasteiger partial charge in [-0.05, 0) is 100 Å². The maximum Gasteiger partial charge on any atom is 0.343 e. The molecule has 1 atom stereocenters. The molecule has 0 aliphatic carbocycles. The first kappa shape index (κ1) is 31.0. The number of nitrogens with zero attached hydrogens (tertiary/aromatic N) is 2. The lowest BCUT2D eigenvalue weighted by Crippen LogP contribution is -2.39. The number of rotatable bonds is 10. The molecule has 0 N–H and O–H groups in total. The van der Waals surface area contributed by atoms with Crippen LogP contribution < -0.4 is 29.1 Å². The van der Waals surface area contributed by atoms with Gasteiger partial charge in [0.15, 0.2) is 22.9 Å². The minimum Gasteiger partial charge on any atom is -0.490 e. The Morgan fingerprint density at radius 2 is 1.68 bits per heavy atom. The number of esters is 2. The predicted octanol–water partition coefficient (Wildman–Crippen LogP) is 3.58. The zero-order valence-electron chi connectivity index (χ0n) is 22.6. The number of hydrogen-bond acceptors (Lipinski definition) is 10. The molecule has 216 valence electrons. The quantitative estimate of drug-likeness (QED) is 0.226. The lowest BCUT2D eigenvalue weighted by molar-refractivity contribution is -0.143. The number of carbonyl (C=O) groups is 2. The minimum atomic E-state index is -0.787. The van der Waals surface area contributed by atoms with Crippen LogP contribution in [0.5, 0.6) is 17.2 Å². The first-order valence-electron chi connectivity index (χ1n) is 12.4. The molecule has 41 heavy (non-hydrogen) atoms. The standard InChI is InChI=1S/C28H26I2N2O8S/c1-5-38-20-8-7-16(12-21(20)39-6-2)24-17(27(35)37-4)13-31-28-32(24)26(34)22(41-28)11-15-9-18(29)25(19(30)10-15)40-14-23(33)36-3/h7-13,24H,5-6,14H2,1-4H3/b22-11-/t24-/m0/s1. The van der Waals surface area contributed by atoms with Gasteiger partial charge in [0.25, 0.3) is 5.56 Å². The Bertz CT molecular complexity index is 1670. The smallest absolute Gasteiger partial charge is 0.343 e. The number of hydrogen-bond donors (Lipinski definition) is 0. The van der Waals surface area contributed by atoms with Gasteiger partial charge in [-0.1, -0.05) is 17.4 Å². The monoisotopic (exact) mass is 804 g/mol. The molecule has 0 fully saturated rings. The van der Waals surface area contributed by atoms with Crippen molar-refractivity contribution in [2.75, 3.05) is 34.0 Å². The molecule has 0 bridgehead atoms. The molecule has 4 rings (SSSR count). The van der Waals surface area contributed by atoms with Crippen LogP contribution in [0.25, 0.3) is 6.08 Å². The molecule has 13 heteroatoms. The number of thiazole rings is 1. The summed E-state index contributed by atoms with van der Waals surface area (Å²) in [4.78, 5) is 43.0. The highest BCUT2D eigenvalue weighted by atomic mass is 127. The van der Waals surface area contributed by atoms with Crippen LogP contribution in [0.4, 0.5) is 0 Å². The average Bonchev–Trinajstić information content (AvgIpc) is 3.27. The van der Waals surface area contributed by atoms with Crippen molar-refractivity contribution in [3.8, 4) is 17.2 Å². The van der Waals surface area contributed by atoms with E-state index < -0.39 is 18.0 Å². The molecule has 1 aromatic heterocycles. The van der Waals surface area contributed by atoms with Crippen molar-refractivity contribution >= 4 is 74.5 Å². The molecule has 3 aromatic rings. The molecule has 2 heterocycles. The fraction of sp³-hybridized carbons (Fsp3) is 0.286. The maximum atomic E-state index is 13.9. The van der Waals surface area contributed by atoms with Gasteiger partial charge in [-0.2, -0.15) is 0 Å². The van der Waals surface area contributed by atoms with Gasteiger partial charge < -0.3 is 23.7 Å². The summed E-state index contributed by atoms with van der Waals surface area (Å²) >= 11 is 5.45. The summed E-state index contributed by atoms with van der Waals surface area (Å²) in [5, 5.41) is 0. The highest BCUT2D eigenvalue weighted by Crippen LogP contribution is 2.35. The zero-order chi connectivity index (χ0) is 29.7.